The summed E-state index contributed by atoms with van der Waals surface area (Å²) in [4.78, 5) is 4.82. The lowest BCUT2D eigenvalue weighted by Gasteiger charge is -2.11. The second kappa shape index (κ2) is 5.70. The Morgan fingerprint density at radius 3 is 2.47 bits per heavy atom. The first-order valence-corrected chi connectivity index (χ1v) is 6.36. The first-order chi connectivity index (χ1) is 9.11. The zero-order valence-corrected chi connectivity index (χ0v) is 11.9. The highest BCUT2D eigenvalue weighted by Crippen LogP contribution is 2.27. The van der Waals surface area contributed by atoms with E-state index in [-0.39, 0.29) is 0 Å². The highest BCUT2D eigenvalue weighted by molar-refractivity contribution is 5.92. The first-order valence-electron chi connectivity index (χ1n) is 6.36. The molecule has 0 aliphatic rings. The second-order valence-electron chi connectivity index (χ2n) is 4.83. The summed E-state index contributed by atoms with van der Waals surface area (Å²) in [6, 6.07) is 12.9. The van der Waals surface area contributed by atoms with E-state index in [1.807, 2.05) is 0 Å². The molecule has 0 aromatic heterocycles. The lowest BCUT2D eigenvalue weighted by atomic mass is 9.93. The Kier molecular flexibility index (Phi) is 4.00. The zero-order chi connectivity index (χ0) is 13.8. The maximum Gasteiger partial charge on any atom is 0.106 e. The molecule has 0 unspecified atom stereocenters. The molecule has 2 nitrogen and oxygen atoms in total. The molecule has 0 aliphatic heterocycles. The van der Waals surface area contributed by atoms with Gasteiger partial charge in [0.15, 0.2) is 0 Å². The molecular formula is C17H19NO. The Morgan fingerprint density at radius 2 is 1.79 bits per heavy atom. The van der Waals surface area contributed by atoms with E-state index in [1.165, 1.54) is 27.8 Å². The van der Waals surface area contributed by atoms with Crippen molar-refractivity contribution >= 4 is 6.21 Å². The van der Waals surface area contributed by atoms with Crippen LogP contribution in [0.4, 0.5) is 0 Å². The molecule has 2 aromatic rings. The van der Waals surface area contributed by atoms with Gasteiger partial charge in [0.25, 0.3) is 0 Å². The monoisotopic (exact) mass is 253 g/mol. The molecule has 0 saturated carbocycles. The standard InChI is InChI=1S/C17H19NO/c1-12-6-5-7-15(9-12)16-10-13(2)8-14(3)17(16)11-18-19-4/h5-11H,1-4H3/b18-11+. The van der Waals surface area contributed by atoms with Gasteiger partial charge in [-0.05, 0) is 37.5 Å². The minimum Gasteiger partial charge on any atom is -0.399 e. The maximum atomic E-state index is 4.82. The average molecular weight is 253 g/mol. The second-order valence-corrected chi connectivity index (χ2v) is 4.83. The molecule has 0 fully saturated rings. The van der Waals surface area contributed by atoms with Gasteiger partial charge in [-0.2, -0.15) is 0 Å². The van der Waals surface area contributed by atoms with Crippen LogP contribution in [0.5, 0.6) is 0 Å². The van der Waals surface area contributed by atoms with Gasteiger partial charge in [0, 0.05) is 5.56 Å². The maximum absolute atomic E-state index is 4.82. The van der Waals surface area contributed by atoms with Gasteiger partial charge in [-0.25, -0.2) is 0 Å². The molecule has 2 rings (SSSR count). The lowest BCUT2D eigenvalue weighted by molar-refractivity contribution is 0.215. The molecule has 0 aliphatic carbocycles. The third kappa shape index (κ3) is 3.02. The van der Waals surface area contributed by atoms with E-state index >= 15 is 0 Å². The van der Waals surface area contributed by atoms with Gasteiger partial charge in [0.1, 0.15) is 7.11 Å². The van der Waals surface area contributed by atoms with Crippen LogP contribution in [0.2, 0.25) is 0 Å². The average Bonchev–Trinajstić information content (AvgIpc) is 2.37. The van der Waals surface area contributed by atoms with Crippen LogP contribution >= 0.6 is 0 Å². The summed E-state index contributed by atoms with van der Waals surface area (Å²) in [5.74, 6) is 0. The summed E-state index contributed by atoms with van der Waals surface area (Å²) in [5.41, 5.74) is 7.23. The number of benzene rings is 2. The minimum atomic E-state index is 1.11. The Morgan fingerprint density at radius 1 is 1.00 bits per heavy atom. The quantitative estimate of drug-likeness (QED) is 0.591. The third-order valence-electron chi connectivity index (χ3n) is 3.15. The van der Waals surface area contributed by atoms with Crippen LogP contribution in [0.1, 0.15) is 22.3 Å². The van der Waals surface area contributed by atoms with Crippen LogP contribution in [-0.4, -0.2) is 13.3 Å². The van der Waals surface area contributed by atoms with Crippen LogP contribution < -0.4 is 0 Å². The van der Waals surface area contributed by atoms with E-state index in [9.17, 15) is 0 Å². The van der Waals surface area contributed by atoms with Crippen LogP contribution in [0.25, 0.3) is 11.1 Å². The van der Waals surface area contributed by atoms with Crippen molar-refractivity contribution < 1.29 is 4.84 Å². The van der Waals surface area contributed by atoms with Crippen molar-refractivity contribution in [1.82, 2.24) is 0 Å². The molecule has 0 bridgehead atoms. The largest absolute Gasteiger partial charge is 0.399 e. The third-order valence-corrected chi connectivity index (χ3v) is 3.15. The van der Waals surface area contributed by atoms with Crippen LogP contribution in [0.3, 0.4) is 0 Å². The molecule has 2 heteroatoms. The van der Waals surface area contributed by atoms with E-state index in [2.05, 4.69) is 62.3 Å². The minimum absolute atomic E-state index is 1.11. The Bertz CT molecular complexity index is 615. The van der Waals surface area contributed by atoms with Gasteiger partial charge in [0.05, 0.1) is 6.21 Å². The van der Waals surface area contributed by atoms with Gasteiger partial charge in [-0.1, -0.05) is 52.7 Å². The molecule has 0 saturated heterocycles. The summed E-state index contributed by atoms with van der Waals surface area (Å²) in [5, 5.41) is 3.92. The Hall–Kier alpha value is -2.09. The van der Waals surface area contributed by atoms with Crippen molar-refractivity contribution in [3.05, 3.63) is 58.7 Å². The van der Waals surface area contributed by atoms with Crippen LogP contribution in [0, 0.1) is 20.8 Å². The summed E-state index contributed by atoms with van der Waals surface area (Å²) in [7, 11) is 1.56. The fraction of sp³-hybridized carbons (Fsp3) is 0.235. The molecule has 0 heterocycles. The number of nitrogens with zero attached hydrogens (tertiary/aromatic N) is 1. The highest BCUT2D eigenvalue weighted by Gasteiger charge is 2.08. The molecule has 2 aromatic carbocycles. The van der Waals surface area contributed by atoms with Gasteiger partial charge in [-0.3, -0.25) is 0 Å². The molecular weight excluding hydrogens is 234 g/mol. The lowest BCUT2D eigenvalue weighted by Crippen LogP contribution is -1.95. The van der Waals surface area contributed by atoms with Crippen molar-refractivity contribution in [1.29, 1.82) is 0 Å². The number of aryl methyl sites for hydroxylation is 3. The predicted octanol–water partition coefficient (Wildman–Crippen LogP) is 4.26. The van der Waals surface area contributed by atoms with E-state index in [0.717, 1.165) is 5.56 Å². The van der Waals surface area contributed by atoms with Crippen molar-refractivity contribution in [3.8, 4) is 11.1 Å². The van der Waals surface area contributed by atoms with Crippen LogP contribution in [0.15, 0.2) is 41.6 Å². The van der Waals surface area contributed by atoms with Gasteiger partial charge in [-0.15, -0.1) is 0 Å². The van der Waals surface area contributed by atoms with Gasteiger partial charge >= 0.3 is 0 Å². The number of oxime groups is 1. The molecule has 0 amide bonds. The molecule has 19 heavy (non-hydrogen) atoms. The van der Waals surface area contributed by atoms with E-state index in [4.69, 9.17) is 4.84 Å². The normalized spacial score (nSPS) is 10.9. The molecule has 98 valence electrons. The molecule has 0 N–H and O–H groups in total. The van der Waals surface area contributed by atoms with Crippen molar-refractivity contribution in [2.24, 2.45) is 5.16 Å². The topological polar surface area (TPSA) is 21.6 Å². The fourth-order valence-electron chi connectivity index (χ4n) is 2.31. The summed E-state index contributed by atoms with van der Waals surface area (Å²) in [6.07, 6.45) is 1.78. The summed E-state index contributed by atoms with van der Waals surface area (Å²) in [6.45, 7) is 6.32. The van der Waals surface area contributed by atoms with Crippen LogP contribution in [-0.2, 0) is 4.84 Å². The number of rotatable bonds is 3. The molecule has 0 spiro atoms. The van der Waals surface area contributed by atoms with Gasteiger partial charge < -0.3 is 4.84 Å². The van der Waals surface area contributed by atoms with Gasteiger partial charge in [0.2, 0.25) is 0 Å². The highest BCUT2D eigenvalue weighted by atomic mass is 16.6. The number of hydrogen-bond donors (Lipinski definition) is 0. The summed E-state index contributed by atoms with van der Waals surface area (Å²) >= 11 is 0. The van der Waals surface area contributed by atoms with Crippen molar-refractivity contribution in [2.75, 3.05) is 7.11 Å². The summed E-state index contributed by atoms with van der Waals surface area (Å²) < 4.78 is 0. The SMILES string of the molecule is CO/N=C/c1c(C)cc(C)cc1-c1cccc(C)c1. The van der Waals surface area contributed by atoms with Crippen molar-refractivity contribution in [3.63, 3.8) is 0 Å². The predicted molar refractivity (Wildman–Crippen MR) is 80.7 cm³/mol. The molecule has 0 radical (unpaired) electrons. The van der Waals surface area contributed by atoms with E-state index in [1.54, 1.807) is 13.3 Å². The Balaban J connectivity index is 2.63. The van der Waals surface area contributed by atoms with E-state index in [0.29, 0.717) is 0 Å². The first kappa shape index (κ1) is 13.3. The number of hydrogen-bond acceptors (Lipinski definition) is 2. The Labute approximate surface area is 114 Å². The zero-order valence-electron chi connectivity index (χ0n) is 11.9. The molecule has 0 atom stereocenters. The van der Waals surface area contributed by atoms with E-state index < -0.39 is 0 Å². The smallest absolute Gasteiger partial charge is 0.106 e. The fourth-order valence-corrected chi connectivity index (χ4v) is 2.31. The van der Waals surface area contributed by atoms with Crippen molar-refractivity contribution in [2.45, 2.75) is 20.8 Å².